The molecule has 4 nitrogen and oxygen atoms in total. The fraction of sp³-hybridized carbons (Fsp3) is 0.0909. The van der Waals surface area contributed by atoms with Crippen LogP contribution in [0.2, 0.25) is 0 Å². The highest BCUT2D eigenvalue weighted by Gasteiger charge is 2.14. The molecule has 2 rings (SSSR count). The van der Waals surface area contributed by atoms with E-state index in [1.165, 1.54) is 6.07 Å². The van der Waals surface area contributed by atoms with Gasteiger partial charge in [-0.15, -0.1) is 11.3 Å². The zero-order chi connectivity index (χ0) is 12.3. The summed E-state index contributed by atoms with van der Waals surface area (Å²) in [6.07, 6.45) is 0. The fourth-order valence-corrected chi connectivity index (χ4v) is 2.64. The van der Waals surface area contributed by atoms with Gasteiger partial charge in [0, 0.05) is 4.88 Å². The summed E-state index contributed by atoms with van der Waals surface area (Å²) in [5, 5.41) is 7.04. The van der Waals surface area contributed by atoms with E-state index < -0.39 is 10.0 Å². The number of para-hydroxylation sites is 1. The Balaban J connectivity index is 2.22. The molecule has 0 aliphatic heterocycles. The summed E-state index contributed by atoms with van der Waals surface area (Å²) < 4.78 is 28.1. The molecule has 0 fully saturated rings. The molecule has 6 heteroatoms. The minimum atomic E-state index is -3.75. The molecule has 2 aromatic rings. The van der Waals surface area contributed by atoms with Crippen molar-refractivity contribution >= 4 is 21.4 Å². The minimum absolute atomic E-state index is 0.0107. The quantitative estimate of drug-likeness (QED) is 0.922. The van der Waals surface area contributed by atoms with Crippen molar-refractivity contribution in [2.75, 3.05) is 0 Å². The first kappa shape index (κ1) is 12.1. The number of ether oxygens (including phenoxy) is 1. The van der Waals surface area contributed by atoms with E-state index in [2.05, 4.69) is 0 Å². The van der Waals surface area contributed by atoms with Crippen LogP contribution in [-0.2, 0) is 16.6 Å². The van der Waals surface area contributed by atoms with Crippen LogP contribution in [-0.4, -0.2) is 8.42 Å². The van der Waals surface area contributed by atoms with Gasteiger partial charge in [-0.05, 0) is 23.6 Å². The first-order valence-corrected chi connectivity index (χ1v) is 7.27. The predicted molar refractivity (Wildman–Crippen MR) is 66.5 cm³/mol. The highest BCUT2D eigenvalue weighted by atomic mass is 32.2. The second-order valence-electron chi connectivity index (χ2n) is 3.36. The summed E-state index contributed by atoms with van der Waals surface area (Å²) in [5.41, 5.74) is 0. The van der Waals surface area contributed by atoms with Crippen LogP contribution in [0.15, 0.2) is 46.7 Å². The third kappa shape index (κ3) is 3.06. The Bertz CT molecular complexity index is 591. The molecule has 0 aliphatic carbocycles. The molecule has 0 spiro atoms. The number of thiophene rings is 1. The number of benzene rings is 1. The first-order chi connectivity index (χ1) is 8.07. The van der Waals surface area contributed by atoms with Crippen LogP contribution in [0.5, 0.6) is 5.75 Å². The molecule has 0 unspecified atom stereocenters. The van der Waals surface area contributed by atoms with Gasteiger partial charge in [-0.2, -0.15) is 0 Å². The molecule has 17 heavy (non-hydrogen) atoms. The number of sulfonamides is 1. The van der Waals surface area contributed by atoms with Crippen molar-refractivity contribution < 1.29 is 13.2 Å². The van der Waals surface area contributed by atoms with Crippen LogP contribution in [0.25, 0.3) is 0 Å². The van der Waals surface area contributed by atoms with Crippen LogP contribution >= 0.6 is 11.3 Å². The predicted octanol–water partition coefficient (Wildman–Crippen LogP) is 1.97. The van der Waals surface area contributed by atoms with Gasteiger partial charge in [0.25, 0.3) is 0 Å². The van der Waals surface area contributed by atoms with Crippen molar-refractivity contribution in [3.8, 4) is 5.75 Å². The van der Waals surface area contributed by atoms with Crippen LogP contribution in [0.1, 0.15) is 4.88 Å². The van der Waals surface area contributed by atoms with Gasteiger partial charge in [0.1, 0.15) is 17.3 Å². The zero-order valence-electron chi connectivity index (χ0n) is 8.87. The van der Waals surface area contributed by atoms with E-state index in [0.717, 1.165) is 4.88 Å². The van der Waals surface area contributed by atoms with Crippen molar-refractivity contribution in [2.24, 2.45) is 5.14 Å². The van der Waals surface area contributed by atoms with Crippen molar-refractivity contribution in [3.63, 3.8) is 0 Å². The molecule has 0 aliphatic rings. The highest BCUT2D eigenvalue weighted by Crippen LogP contribution is 2.23. The smallest absolute Gasteiger partial charge is 0.241 e. The van der Waals surface area contributed by atoms with Gasteiger partial charge in [0.05, 0.1) is 0 Å². The second-order valence-corrected chi connectivity index (χ2v) is 5.92. The van der Waals surface area contributed by atoms with E-state index in [1.54, 1.807) is 29.5 Å². The Hall–Kier alpha value is -1.37. The average molecular weight is 269 g/mol. The molecule has 2 N–H and O–H groups in total. The molecular weight excluding hydrogens is 258 g/mol. The van der Waals surface area contributed by atoms with Crippen LogP contribution in [0, 0.1) is 0 Å². The second kappa shape index (κ2) is 4.87. The Labute approximate surface area is 104 Å². The molecule has 90 valence electrons. The molecule has 1 aromatic heterocycles. The highest BCUT2D eigenvalue weighted by molar-refractivity contribution is 7.89. The first-order valence-electron chi connectivity index (χ1n) is 4.84. The van der Waals surface area contributed by atoms with E-state index in [1.807, 2.05) is 17.5 Å². The number of hydrogen-bond donors (Lipinski definition) is 1. The summed E-state index contributed by atoms with van der Waals surface area (Å²) in [7, 11) is -3.75. The van der Waals surface area contributed by atoms with Gasteiger partial charge in [0.2, 0.25) is 10.0 Å². The maximum Gasteiger partial charge on any atom is 0.241 e. The largest absolute Gasteiger partial charge is 0.487 e. The standard InChI is InChI=1S/C11H11NO3S2/c12-17(13,14)11-6-2-1-5-10(11)15-8-9-4-3-7-16-9/h1-7H,8H2,(H2,12,13,14). The lowest BCUT2D eigenvalue weighted by molar-refractivity contribution is 0.301. The summed E-state index contributed by atoms with van der Waals surface area (Å²) in [6, 6.07) is 10.2. The Morgan fingerprint density at radius 2 is 1.94 bits per heavy atom. The summed E-state index contributed by atoms with van der Waals surface area (Å²) in [5.74, 6) is 0.281. The van der Waals surface area contributed by atoms with Crippen molar-refractivity contribution in [3.05, 3.63) is 46.7 Å². The maximum absolute atomic E-state index is 11.3. The van der Waals surface area contributed by atoms with Gasteiger partial charge in [-0.25, -0.2) is 13.6 Å². The van der Waals surface area contributed by atoms with E-state index in [9.17, 15) is 8.42 Å². The molecule has 0 saturated carbocycles. The molecule has 0 bridgehead atoms. The van der Waals surface area contributed by atoms with E-state index >= 15 is 0 Å². The van der Waals surface area contributed by atoms with E-state index in [0.29, 0.717) is 6.61 Å². The normalized spacial score (nSPS) is 11.4. The summed E-state index contributed by atoms with van der Waals surface area (Å²) >= 11 is 1.55. The molecule has 1 aromatic carbocycles. The minimum Gasteiger partial charge on any atom is -0.487 e. The Morgan fingerprint density at radius 1 is 1.18 bits per heavy atom. The molecular formula is C11H11NO3S2. The maximum atomic E-state index is 11.3. The topological polar surface area (TPSA) is 69.4 Å². The van der Waals surface area contributed by atoms with Gasteiger partial charge in [0.15, 0.2) is 0 Å². The van der Waals surface area contributed by atoms with Crippen molar-refractivity contribution in [2.45, 2.75) is 11.5 Å². The van der Waals surface area contributed by atoms with E-state index in [-0.39, 0.29) is 10.6 Å². The number of rotatable bonds is 4. The fourth-order valence-electron chi connectivity index (χ4n) is 1.35. The lowest BCUT2D eigenvalue weighted by Crippen LogP contribution is -2.13. The Morgan fingerprint density at radius 3 is 2.59 bits per heavy atom. The van der Waals surface area contributed by atoms with Crippen molar-refractivity contribution in [1.29, 1.82) is 0 Å². The van der Waals surface area contributed by atoms with Crippen LogP contribution < -0.4 is 9.88 Å². The third-order valence-electron chi connectivity index (χ3n) is 2.11. The third-order valence-corrected chi connectivity index (χ3v) is 3.91. The summed E-state index contributed by atoms with van der Waals surface area (Å²) in [4.78, 5) is 1.03. The molecule has 0 saturated heterocycles. The lowest BCUT2D eigenvalue weighted by atomic mass is 10.3. The Kier molecular flexibility index (Phi) is 3.46. The van der Waals surface area contributed by atoms with E-state index in [4.69, 9.17) is 9.88 Å². The average Bonchev–Trinajstić information content (AvgIpc) is 2.78. The number of primary sulfonamides is 1. The molecule has 0 radical (unpaired) electrons. The zero-order valence-corrected chi connectivity index (χ0v) is 10.5. The SMILES string of the molecule is NS(=O)(=O)c1ccccc1OCc1cccs1. The van der Waals surface area contributed by atoms with Crippen LogP contribution in [0.4, 0.5) is 0 Å². The number of hydrogen-bond acceptors (Lipinski definition) is 4. The van der Waals surface area contributed by atoms with Gasteiger partial charge in [-0.1, -0.05) is 18.2 Å². The molecule has 1 heterocycles. The monoisotopic (exact) mass is 269 g/mol. The van der Waals surface area contributed by atoms with Gasteiger partial charge >= 0.3 is 0 Å². The van der Waals surface area contributed by atoms with Crippen LogP contribution in [0.3, 0.4) is 0 Å². The summed E-state index contributed by atoms with van der Waals surface area (Å²) in [6.45, 7) is 0.337. The van der Waals surface area contributed by atoms with Gasteiger partial charge in [-0.3, -0.25) is 0 Å². The lowest BCUT2D eigenvalue weighted by Gasteiger charge is -2.08. The van der Waals surface area contributed by atoms with Crippen molar-refractivity contribution in [1.82, 2.24) is 0 Å². The van der Waals surface area contributed by atoms with Gasteiger partial charge < -0.3 is 4.74 Å². The number of nitrogens with two attached hydrogens (primary N) is 1. The molecule has 0 amide bonds. The molecule has 0 atom stereocenters.